The summed E-state index contributed by atoms with van der Waals surface area (Å²) >= 11 is 0. The van der Waals surface area contributed by atoms with E-state index in [1.807, 2.05) is 18.2 Å². The van der Waals surface area contributed by atoms with Gasteiger partial charge in [0.05, 0.1) is 12.8 Å². The molecule has 6 heteroatoms. The molecule has 0 aliphatic rings. The first-order chi connectivity index (χ1) is 12.6. The zero-order valence-corrected chi connectivity index (χ0v) is 14.4. The van der Waals surface area contributed by atoms with Gasteiger partial charge in [-0.1, -0.05) is 12.1 Å². The van der Waals surface area contributed by atoms with Crippen LogP contribution in [0.4, 0.5) is 5.69 Å². The average molecular weight is 349 g/mol. The van der Waals surface area contributed by atoms with E-state index in [0.717, 1.165) is 5.56 Å². The van der Waals surface area contributed by atoms with E-state index in [0.29, 0.717) is 30.1 Å². The first kappa shape index (κ1) is 17.4. The maximum atomic E-state index is 13.1. The Kier molecular flexibility index (Phi) is 5.43. The van der Waals surface area contributed by atoms with Crippen molar-refractivity contribution in [3.05, 3.63) is 84.1 Å². The maximum absolute atomic E-state index is 13.1. The molecule has 0 saturated heterocycles. The van der Waals surface area contributed by atoms with Gasteiger partial charge in [-0.05, 0) is 42.0 Å². The molecule has 2 heterocycles. The topological polar surface area (TPSA) is 75.4 Å². The van der Waals surface area contributed by atoms with E-state index in [-0.39, 0.29) is 11.8 Å². The summed E-state index contributed by atoms with van der Waals surface area (Å²) in [6.45, 7) is 2.17. The fourth-order valence-electron chi connectivity index (χ4n) is 2.62. The lowest BCUT2D eigenvalue weighted by molar-refractivity contribution is -0.114. The Hall–Kier alpha value is -3.41. The van der Waals surface area contributed by atoms with Crippen molar-refractivity contribution in [2.24, 2.45) is 0 Å². The molecule has 0 spiro atoms. The Labute approximate surface area is 151 Å². The zero-order chi connectivity index (χ0) is 18.4. The molecule has 26 heavy (non-hydrogen) atoms. The van der Waals surface area contributed by atoms with Crippen LogP contribution in [0.3, 0.4) is 0 Å². The molecule has 0 saturated carbocycles. The number of benzene rings is 1. The van der Waals surface area contributed by atoms with Crippen molar-refractivity contribution in [2.45, 2.75) is 20.0 Å². The number of nitrogens with zero attached hydrogens (tertiary/aromatic N) is 2. The zero-order valence-electron chi connectivity index (χ0n) is 14.4. The highest BCUT2D eigenvalue weighted by Crippen LogP contribution is 2.17. The van der Waals surface area contributed by atoms with Crippen molar-refractivity contribution in [3.63, 3.8) is 0 Å². The van der Waals surface area contributed by atoms with Crippen LogP contribution in [0.1, 0.15) is 28.6 Å². The van der Waals surface area contributed by atoms with E-state index in [1.54, 1.807) is 53.9 Å². The third kappa shape index (κ3) is 4.57. The number of rotatable bonds is 6. The molecule has 0 radical (unpaired) electrons. The summed E-state index contributed by atoms with van der Waals surface area (Å²) in [5, 5.41) is 2.70. The van der Waals surface area contributed by atoms with Crippen LogP contribution in [0, 0.1) is 0 Å². The number of hydrogen-bond donors (Lipinski definition) is 1. The SMILES string of the molecule is CC(=O)Nc1cccc(C(=O)N(Cc2cccnc2)Cc2ccco2)c1. The molecular formula is C20H19N3O3. The number of anilines is 1. The van der Waals surface area contributed by atoms with Crippen molar-refractivity contribution in [3.8, 4) is 0 Å². The lowest BCUT2D eigenvalue weighted by Gasteiger charge is -2.22. The smallest absolute Gasteiger partial charge is 0.254 e. The largest absolute Gasteiger partial charge is 0.467 e. The number of hydrogen-bond acceptors (Lipinski definition) is 4. The van der Waals surface area contributed by atoms with Crippen LogP contribution >= 0.6 is 0 Å². The molecule has 0 aliphatic heterocycles. The molecule has 132 valence electrons. The molecule has 2 aromatic heterocycles. The number of furan rings is 1. The van der Waals surface area contributed by atoms with Crippen molar-refractivity contribution in [1.82, 2.24) is 9.88 Å². The van der Waals surface area contributed by atoms with Gasteiger partial charge in [-0.25, -0.2) is 0 Å². The molecule has 6 nitrogen and oxygen atoms in total. The fourth-order valence-corrected chi connectivity index (χ4v) is 2.62. The van der Waals surface area contributed by atoms with Crippen molar-refractivity contribution >= 4 is 17.5 Å². The van der Waals surface area contributed by atoms with E-state index >= 15 is 0 Å². The minimum absolute atomic E-state index is 0.155. The van der Waals surface area contributed by atoms with Crippen LogP contribution in [0.5, 0.6) is 0 Å². The van der Waals surface area contributed by atoms with Crippen LogP contribution in [0.15, 0.2) is 71.6 Å². The summed E-state index contributed by atoms with van der Waals surface area (Å²) < 4.78 is 5.40. The lowest BCUT2D eigenvalue weighted by atomic mass is 10.1. The van der Waals surface area contributed by atoms with Gasteiger partial charge in [0.15, 0.2) is 0 Å². The summed E-state index contributed by atoms with van der Waals surface area (Å²) in [4.78, 5) is 30.1. The van der Waals surface area contributed by atoms with Gasteiger partial charge >= 0.3 is 0 Å². The van der Waals surface area contributed by atoms with Crippen molar-refractivity contribution in [2.75, 3.05) is 5.32 Å². The summed E-state index contributed by atoms with van der Waals surface area (Å²) in [7, 11) is 0. The van der Waals surface area contributed by atoms with E-state index < -0.39 is 0 Å². The molecule has 2 amide bonds. The molecule has 1 aromatic carbocycles. The highest BCUT2D eigenvalue weighted by Gasteiger charge is 2.18. The minimum atomic E-state index is -0.183. The van der Waals surface area contributed by atoms with Crippen LogP contribution < -0.4 is 5.32 Å². The fraction of sp³-hybridized carbons (Fsp3) is 0.150. The summed E-state index contributed by atoms with van der Waals surface area (Å²) in [6.07, 6.45) is 5.01. The maximum Gasteiger partial charge on any atom is 0.254 e. The monoisotopic (exact) mass is 349 g/mol. The third-order valence-electron chi connectivity index (χ3n) is 3.74. The second-order valence-electron chi connectivity index (χ2n) is 5.86. The van der Waals surface area contributed by atoms with Gasteiger partial charge in [0, 0.05) is 37.1 Å². The van der Waals surface area contributed by atoms with E-state index in [1.165, 1.54) is 6.92 Å². The van der Waals surface area contributed by atoms with Crippen LogP contribution in [0.25, 0.3) is 0 Å². The molecular weight excluding hydrogens is 330 g/mol. The standard InChI is InChI=1S/C20H19N3O3/c1-15(24)22-18-7-2-6-17(11-18)20(25)23(14-19-8-4-10-26-19)13-16-5-3-9-21-12-16/h2-12H,13-14H2,1H3,(H,22,24). The number of carbonyl (C=O) groups excluding carboxylic acids is 2. The highest BCUT2D eigenvalue weighted by atomic mass is 16.3. The summed E-state index contributed by atoms with van der Waals surface area (Å²) in [5.41, 5.74) is 2.00. The average Bonchev–Trinajstić information content (AvgIpc) is 3.14. The number of aromatic nitrogens is 1. The van der Waals surface area contributed by atoms with Gasteiger partial charge in [-0.3, -0.25) is 14.6 Å². The van der Waals surface area contributed by atoms with Crippen molar-refractivity contribution in [1.29, 1.82) is 0 Å². The first-order valence-electron chi connectivity index (χ1n) is 8.20. The number of pyridine rings is 1. The number of amides is 2. The molecule has 0 aliphatic carbocycles. The molecule has 0 bridgehead atoms. The second-order valence-corrected chi connectivity index (χ2v) is 5.86. The number of carbonyl (C=O) groups is 2. The minimum Gasteiger partial charge on any atom is -0.467 e. The Morgan fingerprint density at radius 3 is 2.69 bits per heavy atom. The van der Waals surface area contributed by atoms with Gasteiger partial charge in [0.1, 0.15) is 5.76 Å². The lowest BCUT2D eigenvalue weighted by Crippen LogP contribution is -2.30. The second kappa shape index (κ2) is 8.11. The van der Waals surface area contributed by atoms with Gasteiger partial charge in [-0.15, -0.1) is 0 Å². The van der Waals surface area contributed by atoms with E-state index in [4.69, 9.17) is 4.42 Å². The van der Waals surface area contributed by atoms with Crippen LogP contribution in [-0.2, 0) is 17.9 Å². The molecule has 0 fully saturated rings. The van der Waals surface area contributed by atoms with Gasteiger partial charge in [0.2, 0.25) is 5.91 Å². The predicted octanol–water partition coefficient (Wildman–Crippen LogP) is 3.48. The predicted molar refractivity (Wildman–Crippen MR) is 97.3 cm³/mol. The van der Waals surface area contributed by atoms with Gasteiger partial charge < -0.3 is 14.6 Å². The quantitative estimate of drug-likeness (QED) is 0.739. The van der Waals surface area contributed by atoms with E-state index in [2.05, 4.69) is 10.3 Å². The number of nitrogens with one attached hydrogen (secondary N) is 1. The molecule has 0 unspecified atom stereocenters. The Morgan fingerprint density at radius 2 is 2.00 bits per heavy atom. The third-order valence-corrected chi connectivity index (χ3v) is 3.74. The van der Waals surface area contributed by atoms with Gasteiger partial charge in [-0.2, -0.15) is 0 Å². The molecule has 3 rings (SSSR count). The Balaban J connectivity index is 1.85. The molecule has 0 atom stereocenters. The highest BCUT2D eigenvalue weighted by molar-refractivity contribution is 5.96. The summed E-state index contributed by atoms with van der Waals surface area (Å²) in [5.74, 6) is 0.357. The Bertz CT molecular complexity index is 876. The summed E-state index contributed by atoms with van der Waals surface area (Å²) in [6, 6.07) is 14.3. The Morgan fingerprint density at radius 1 is 1.12 bits per heavy atom. The first-order valence-corrected chi connectivity index (χ1v) is 8.20. The van der Waals surface area contributed by atoms with Crippen molar-refractivity contribution < 1.29 is 14.0 Å². The van der Waals surface area contributed by atoms with Crippen LogP contribution in [0.2, 0.25) is 0 Å². The van der Waals surface area contributed by atoms with E-state index in [9.17, 15) is 9.59 Å². The van der Waals surface area contributed by atoms with Gasteiger partial charge in [0.25, 0.3) is 5.91 Å². The molecule has 3 aromatic rings. The van der Waals surface area contributed by atoms with Crippen LogP contribution in [-0.4, -0.2) is 21.7 Å². The normalized spacial score (nSPS) is 10.3. The molecule has 1 N–H and O–H groups in total.